The highest BCUT2D eigenvalue weighted by Gasteiger charge is 2.62. The smallest absolute Gasteiger partial charge is 0.344 e. The van der Waals surface area contributed by atoms with Crippen LogP contribution in [0.25, 0.3) is 0 Å². The standard InChI is InChI=1S/C21H34O4.C20H32O4.C17H26O2.C16H24O2.C15H26O4.C15H22O2.C14H24O4.4C2H6/c1-6-20(4,5)19(23)24-12-18(22)25-21(13(2)3)16-8-14-7-15(10-16)11-17(21)9-14;1-5-19(3,4)18(22)23-12-17(21)24-20(6-2)15-8-13-7-14(10-15)11-16(20)9-13;1-7-13(4)14-8-10-15(11-9-14)16(18)19-17(5,6)12(2)3;1-6-12(3)13-8-10-14(11-9-13)15(17)18-16(4,5)7-2;1-5-14(3,4)13(17)18-11-12(16)19-15(6-2)9-7-8-10-15;1-6-11(2)12-7-9-13(10-8-12)14(16)17-15(3,4)5;1-5-13(2,3)12(16)17-10-11(15)18-14(4)8-6-7-9-14;4*1-2/h13-17H,6-12H2,1-5H3;13-16H,5-12H2,1-4H3;8-13H,7H2,1-6H3;8-12H,6-7H2,1-5H3;5-11H2,1-4H3;7-11H,6H2,1-5H3;5-10H2,1-4H3;4*1-2H3. The minimum atomic E-state index is -0.557. The first-order chi connectivity index (χ1) is 69.1. The van der Waals surface area contributed by atoms with Crippen LogP contribution in [0, 0.1) is 80.8 Å². The molecule has 0 aliphatic heterocycles. The third-order valence-corrected chi connectivity index (χ3v) is 32.9. The summed E-state index contributed by atoms with van der Waals surface area (Å²) in [4.78, 5) is 132. The maximum absolute atomic E-state index is 12.6. The highest BCUT2D eigenvalue weighted by molar-refractivity contribution is 5.91. The molecular formula is C126H212O22. The van der Waals surface area contributed by atoms with Crippen molar-refractivity contribution < 1.29 is 105 Å². The summed E-state index contributed by atoms with van der Waals surface area (Å²) in [5.41, 5.74) is 0.868. The van der Waals surface area contributed by atoms with Crippen molar-refractivity contribution in [1.82, 2.24) is 0 Å². The Morgan fingerprint density at radius 1 is 0.318 bits per heavy atom. The van der Waals surface area contributed by atoms with Gasteiger partial charge in [0.25, 0.3) is 0 Å². The van der Waals surface area contributed by atoms with E-state index in [0.717, 1.165) is 114 Å². The molecule has 148 heavy (non-hydrogen) atoms. The van der Waals surface area contributed by atoms with Crippen molar-refractivity contribution in [1.29, 1.82) is 0 Å². The second-order valence-corrected chi connectivity index (χ2v) is 47.4. The largest absolute Gasteiger partial charge is 0.457 e. The van der Waals surface area contributed by atoms with Crippen LogP contribution in [0.1, 0.15) is 529 Å². The molecule has 0 heterocycles. The Morgan fingerprint density at radius 3 is 0.851 bits per heavy atom. The number of hydrogen-bond donors (Lipinski definition) is 0. The minimum Gasteiger partial charge on any atom is -0.457 e. The summed E-state index contributed by atoms with van der Waals surface area (Å²) in [6, 6.07) is 23.2. The fraction of sp³-hybridized carbons (Fsp3) is 0.770. The summed E-state index contributed by atoms with van der Waals surface area (Å²) < 4.78 is 60.0. The van der Waals surface area contributed by atoms with Crippen LogP contribution in [0.3, 0.4) is 0 Å². The fourth-order valence-electron chi connectivity index (χ4n) is 20.3. The molecule has 848 valence electrons. The van der Waals surface area contributed by atoms with E-state index in [1.807, 2.05) is 267 Å². The number of carbonyl (C=O) groups excluding carboxylic acids is 11. The molecule has 0 spiro atoms. The fourth-order valence-corrected chi connectivity index (χ4v) is 20.3. The van der Waals surface area contributed by atoms with Gasteiger partial charge in [0.15, 0.2) is 26.4 Å². The molecule has 10 aliphatic rings. The van der Waals surface area contributed by atoms with Crippen LogP contribution in [0.15, 0.2) is 72.8 Å². The Kier molecular flexibility index (Phi) is 59.7. The quantitative estimate of drug-likeness (QED) is 0.0386. The Labute approximate surface area is 899 Å². The summed E-state index contributed by atoms with van der Waals surface area (Å²) in [5, 5.41) is 0. The summed E-state index contributed by atoms with van der Waals surface area (Å²) >= 11 is 0. The van der Waals surface area contributed by atoms with Crippen molar-refractivity contribution in [2.45, 2.75) is 521 Å². The highest BCUT2D eigenvalue weighted by Crippen LogP contribution is 2.63. The predicted molar refractivity (Wildman–Crippen MR) is 598 cm³/mol. The molecule has 3 aromatic rings. The summed E-state index contributed by atoms with van der Waals surface area (Å²) in [6.07, 6.45) is 28.9. The van der Waals surface area contributed by atoms with Crippen molar-refractivity contribution in [2.24, 2.45) is 80.8 Å². The molecule has 3 atom stereocenters. The molecule has 8 bridgehead atoms. The molecule has 22 nitrogen and oxygen atoms in total. The monoisotopic (exact) mass is 2080 g/mol. The van der Waals surface area contributed by atoms with Gasteiger partial charge in [-0.2, -0.15) is 0 Å². The molecule has 13 rings (SSSR count). The summed E-state index contributed by atoms with van der Waals surface area (Å²) in [7, 11) is 0. The van der Waals surface area contributed by atoms with E-state index in [1.54, 1.807) is 13.8 Å². The Balaban J connectivity index is 0.000000857. The third kappa shape index (κ3) is 42.7. The second kappa shape index (κ2) is 64.1. The van der Waals surface area contributed by atoms with Crippen molar-refractivity contribution in [3.05, 3.63) is 106 Å². The van der Waals surface area contributed by atoms with Crippen LogP contribution in [0.2, 0.25) is 0 Å². The first-order valence-corrected chi connectivity index (χ1v) is 57.7. The molecule has 10 saturated carbocycles. The van der Waals surface area contributed by atoms with Gasteiger partial charge in [0.1, 0.15) is 39.2 Å². The van der Waals surface area contributed by atoms with Gasteiger partial charge in [-0.1, -0.05) is 209 Å². The van der Waals surface area contributed by atoms with E-state index in [9.17, 15) is 52.7 Å². The van der Waals surface area contributed by atoms with E-state index in [0.29, 0.717) is 89.7 Å². The van der Waals surface area contributed by atoms with E-state index in [1.165, 1.54) is 80.9 Å². The van der Waals surface area contributed by atoms with Crippen molar-refractivity contribution >= 4 is 65.7 Å². The molecule has 0 saturated heterocycles. The van der Waals surface area contributed by atoms with Gasteiger partial charge in [0, 0.05) is 0 Å². The van der Waals surface area contributed by atoms with E-state index in [-0.39, 0.29) is 108 Å². The van der Waals surface area contributed by atoms with E-state index >= 15 is 0 Å². The number of hydrogen-bond acceptors (Lipinski definition) is 22. The van der Waals surface area contributed by atoms with Gasteiger partial charge >= 0.3 is 65.7 Å². The van der Waals surface area contributed by atoms with E-state index in [4.69, 9.17) is 52.1 Å². The van der Waals surface area contributed by atoms with Crippen LogP contribution in [-0.4, -0.2) is 131 Å². The molecule has 10 fully saturated rings. The summed E-state index contributed by atoms with van der Waals surface area (Å²) in [5.74, 6) is 3.80. The van der Waals surface area contributed by atoms with Gasteiger partial charge in [0.2, 0.25) is 0 Å². The maximum Gasteiger partial charge on any atom is 0.344 e. The highest BCUT2D eigenvalue weighted by atomic mass is 16.6. The molecule has 10 aliphatic carbocycles. The maximum atomic E-state index is 12.6. The average Bonchev–Trinajstić information content (AvgIpc) is 0.865. The Morgan fingerprint density at radius 2 is 0.588 bits per heavy atom. The topological polar surface area (TPSA) is 289 Å². The lowest BCUT2D eigenvalue weighted by Gasteiger charge is -2.61. The molecular weight excluding hydrogens is 1870 g/mol. The molecule has 0 amide bonds. The van der Waals surface area contributed by atoms with E-state index in [2.05, 4.69) is 76.2 Å². The molecule has 0 N–H and O–H groups in total. The first-order valence-electron chi connectivity index (χ1n) is 57.7. The third-order valence-electron chi connectivity index (χ3n) is 32.9. The second-order valence-electron chi connectivity index (χ2n) is 47.4. The van der Waals surface area contributed by atoms with Crippen molar-refractivity contribution in [3.8, 4) is 0 Å². The number of benzene rings is 3. The normalized spacial score (nSPS) is 21.8. The molecule has 22 heteroatoms. The predicted octanol–water partition coefficient (Wildman–Crippen LogP) is 32.1. The number of esters is 11. The molecule has 0 radical (unpaired) electrons. The van der Waals surface area contributed by atoms with Crippen LogP contribution in [0.4, 0.5) is 0 Å². The zero-order valence-corrected chi connectivity index (χ0v) is 101. The van der Waals surface area contributed by atoms with Gasteiger partial charge in [0.05, 0.1) is 38.4 Å². The first kappa shape index (κ1) is 138. The Bertz CT molecular complexity index is 4370. The Hall–Kier alpha value is -8.17. The van der Waals surface area contributed by atoms with Crippen molar-refractivity contribution in [3.63, 3.8) is 0 Å². The lowest BCUT2D eigenvalue weighted by atomic mass is 9.47. The lowest BCUT2D eigenvalue weighted by molar-refractivity contribution is -0.228. The van der Waals surface area contributed by atoms with Gasteiger partial charge in [-0.3, -0.25) is 19.2 Å². The zero-order valence-electron chi connectivity index (χ0n) is 101. The van der Waals surface area contributed by atoms with Crippen molar-refractivity contribution in [2.75, 3.05) is 26.4 Å². The SMILES string of the molecule is CC.CC.CC.CC.CCC(C)(C)C(=O)OCC(=O)OC1(C(C)C)C2CC3CC(C2)CC1C3.CCC(C)(C)C(=O)OCC(=O)OC1(C)CCCC1.CCC(C)(C)C(=O)OCC(=O)OC1(CC)C2CC3CC(C2)CC1C3.CCC(C)c1ccc(C(=O)OC(C)(C)C(C)C)cc1.CCC(C)c1ccc(C(=O)OC(C)(C)C)cc1.CCC(C)c1ccc(C(=O)OC(C)(C)CC)cc1.CCC1(OC(=O)COC(=O)C(C)(C)CC)CCCC1. The molecule has 3 aromatic carbocycles. The van der Waals surface area contributed by atoms with Gasteiger partial charge in [-0.05, 0) is 421 Å². The average molecular weight is 2080 g/mol. The number of rotatable bonds is 36. The van der Waals surface area contributed by atoms with Gasteiger partial charge in [-0.15, -0.1) is 0 Å². The van der Waals surface area contributed by atoms with Gasteiger partial charge < -0.3 is 52.1 Å². The lowest BCUT2D eigenvalue weighted by Crippen LogP contribution is -2.62. The number of ether oxygens (including phenoxy) is 11. The van der Waals surface area contributed by atoms with Gasteiger partial charge in [-0.25, -0.2) is 33.6 Å². The van der Waals surface area contributed by atoms with Crippen LogP contribution in [0.5, 0.6) is 0 Å². The molecule has 0 aromatic heterocycles. The van der Waals surface area contributed by atoms with E-state index < -0.39 is 50.4 Å². The van der Waals surface area contributed by atoms with Crippen LogP contribution in [-0.2, 0) is 90.5 Å². The van der Waals surface area contributed by atoms with Crippen LogP contribution >= 0.6 is 0 Å². The number of carbonyl (C=O) groups is 11. The van der Waals surface area contributed by atoms with Crippen LogP contribution < -0.4 is 0 Å². The minimum absolute atomic E-state index is 0.238. The summed E-state index contributed by atoms with van der Waals surface area (Å²) in [6.45, 7) is 80.3. The molecule has 3 unspecified atom stereocenters. The zero-order chi connectivity index (χ0) is 114.